The third-order valence-electron chi connectivity index (χ3n) is 4.11. The summed E-state index contributed by atoms with van der Waals surface area (Å²) in [6.07, 6.45) is 4.97. The summed E-state index contributed by atoms with van der Waals surface area (Å²) in [7, 11) is 0. The van der Waals surface area contributed by atoms with Gasteiger partial charge < -0.3 is 10.3 Å². The van der Waals surface area contributed by atoms with Crippen LogP contribution in [-0.4, -0.2) is 9.55 Å². The minimum absolute atomic E-state index is 0.272. The Labute approximate surface area is 106 Å². The highest BCUT2D eigenvalue weighted by Crippen LogP contribution is 2.40. The highest BCUT2D eigenvalue weighted by molar-refractivity contribution is 5.78. The van der Waals surface area contributed by atoms with Gasteiger partial charge in [-0.05, 0) is 30.4 Å². The summed E-state index contributed by atoms with van der Waals surface area (Å²) in [4.78, 5) is 4.15. The van der Waals surface area contributed by atoms with Crippen LogP contribution >= 0.6 is 0 Å². The molecule has 1 heterocycles. The van der Waals surface area contributed by atoms with Crippen molar-refractivity contribution in [3.63, 3.8) is 0 Å². The number of nitrogens with two attached hydrogens (primary N) is 1. The molecular weight excluding hydrogens is 229 g/mol. The molecule has 0 radical (unpaired) electrons. The van der Waals surface area contributed by atoms with Gasteiger partial charge >= 0.3 is 0 Å². The fraction of sp³-hybridized carbons (Fsp3) is 0.500. The van der Waals surface area contributed by atoms with Crippen molar-refractivity contribution in [1.29, 1.82) is 0 Å². The summed E-state index contributed by atoms with van der Waals surface area (Å²) in [5.41, 5.74) is 7.41. The van der Waals surface area contributed by atoms with Crippen LogP contribution in [0.15, 0.2) is 18.2 Å². The number of rotatable bonds is 2. The zero-order valence-corrected chi connectivity index (χ0v) is 10.6. The summed E-state index contributed by atoms with van der Waals surface area (Å²) in [5.74, 6) is 0.123. The number of fused-ring (bicyclic) bond motifs is 1. The van der Waals surface area contributed by atoms with Gasteiger partial charge in [-0.15, -0.1) is 0 Å². The van der Waals surface area contributed by atoms with E-state index < -0.39 is 0 Å². The van der Waals surface area contributed by atoms with E-state index in [-0.39, 0.29) is 11.2 Å². The molecule has 1 saturated carbocycles. The summed E-state index contributed by atoms with van der Waals surface area (Å²) in [6.45, 7) is 3.11. The standard InChI is InChI=1S/C14H18FN3/c1-14(7-2-3-8-14)9-18-11-6-4-5-10(15)12(11)17-13(18)16/h4-6H,2-3,7-9H2,1H3,(H2,16,17). The Morgan fingerprint density at radius 3 is 2.83 bits per heavy atom. The smallest absolute Gasteiger partial charge is 0.201 e. The molecule has 1 fully saturated rings. The lowest BCUT2D eigenvalue weighted by Gasteiger charge is -2.24. The molecule has 0 aliphatic heterocycles. The summed E-state index contributed by atoms with van der Waals surface area (Å²) < 4.78 is 15.6. The first-order valence-electron chi connectivity index (χ1n) is 6.49. The Morgan fingerprint density at radius 2 is 2.11 bits per heavy atom. The molecule has 0 saturated heterocycles. The summed E-state index contributed by atoms with van der Waals surface area (Å²) in [6, 6.07) is 5.03. The molecule has 0 amide bonds. The van der Waals surface area contributed by atoms with E-state index in [9.17, 15) is 4.39 Å². The summed E-state index contributed by atoms with van der Waals surface area (Å²) in [5, 5.41) is 0. The van der Waals surface area contributed by atoms with Gasteiger partial charge in [0.05, 0.1) is 5.52 Å². The lowest BCUT2D eigenvalue weighted by atomic mass is 9.89. The second kappa shape index (κ2) is 3.97. The van der Waals surface area contributed by atoms with Crippen LogP contribution in [0.4, 0.5) is 10.3 Å². The maximum absolute atomic E-state index is 13.7. The van der Waals surface area contributed by atoms with Gasteiger partial charge in [0.25, 0.3) is 0 Å². The topological polar surface area (TPSA) is 43.8 Å². The Kier molecular flexibility index (Phi) is 2.54. The van der Waals surface area contributed by atoms with Gasteiger partial charge in [-0.1, -0.05) is 25.8 Å². The normalized spacial score (nSPS) is 18.6. The average Bonchev–Trinajstić information content (AvgIpc) is 2.88. The van der Waals surface area contributed by atoms with E-state index in [2.05, 4.69) is 11.9 Å². The first-order valence-corrected chi connectivity index (χ1v) is 6.49. The molecule has 0 unspecified atom stereocenters. The lowest BCUT2D eigenvalue weighted by molar-refractivity contribution is 0.287. The number of para-hydroxylation sites is 1. The third-order valence-corrected chi connectivity index (χ3v) is 4.11. The minimum Gasteiger partial charge on any atom is -0.369 e. The lowest BCUT2D eigenvalue weighted by Crippen LogP contribution is -2.20. The molecule has 3 nitrogen and oxygen atoms in total. The van der Waals surface area contributed by atoms with Gasteiger partial charge in [0, 0.05) is 6.54 Å². The van der Waals surface area contributed by atoms with Crippen molar-refractivity contribution in [2.75, 3.05) is 5.73 Å². The molecule has 2 aromatic rings. The van der Waals surface area contributed by atoms with Crippen molar-refractivity contribution in [3.05, 3.63) is 24.0 Å². The number of hydrogen-bond acceptors (Lipinski definition) is 2. The van der Waals surface area contributed by atoms with E-state index in [1.54, 1.807) is 6.07 Å². The van der Waals surface area contributed by atoms with Crippen molar-refractivity contribution in [2.24, 2.45) is 5.41 Å². The Bertz CT molecular complexity index is 582. The van der Waals surface area contributed by atoms with Crippen molar-refractivity contribution in [1.82, 2.24) is 9.55 Å². The van der Waals surface area contributed by atoms with Crippen molar-refractivity contribution >= 4 is 17.0 Å². The van der Waals surface area contributed by atoms with E-state index in [4.69, 9.17) is 5.73 Å². The maximum atomic E-state index is 13.7. The number of nitrogen functional groups attached to an aromatic ring is 1. The molecule has 4 heteroatoms. The second-order valence-electron chi connectivity index (χ2n) is 5.68. The zero-order valence-electron chi connectivity index (χ0n) is 10.6. The number of anilines is 1. The van der Waals surface area contributed by atoms with Crippen molar-refractivity contribution < 1.29 is 4.39 Å². The van der Waals surface area contributed by atoms with Crippen LogP contribution in [0, 0.1) is 11.2 Å². The van der Waals surface area contributed by atoms with Crippen molar-refractivity contribution in [2.45, 2.75) is 39.2 Å². The van der Waals surface area contributed by atoms with E-state index in [1.807, 2.05) is 10.6 Å². The number of benzene rings is 1. The molecule has 0 bridgehead atoms. The van der Waals surface area contributed by atoms with Crippen LogP contribution in [-0.2, 0) is 6.54 Å². The molecule has 1 aromatic heterocycles. The van der Waals surface area contributed by atoms with Gasteiger partial charge in [-0.3, -0.25) is 0 Å². The largest absolute Gasteiger partial charge is 0.369 e. The van der Waals surface area contributed by atoms with Crippen LogP contribution in [0.1, 0.15) is 32.6 Å². The van der Waals surface area contributed by atoms with Gasteiger partial charge in [-0.25, -0.2) is 9.37 Å². The van der Waals surface area contributed by atoms with Gasteiger partial charge in [0.15, 0.2) is 5.82 Å². The summed E-state index contributed by atoms with van der Waals surface area (Å²) >= 11 is 0. The van der Waals surface area contributed by atoms with Gasteiger partial charge in [0.1, 0.15) is 5.52 Å². The Hall–Kier alpha value is -1.58. The molecule has 2 N–H and O–H groups in total. The predicted octanol–water partition coefficient (Wildman–Crippen LogP) is 3.34. The predicted molar refractivity (Wildman–Crippen MR) is 70.7 cm³/mol. The SMILES string of the molecule is CC1(Cn2c(N)nc3c(F)cccc32)CCCC1. The van der Waals surface area contributed by atoms with Crippen LogP contribution in [0.5, 0.6) is 0 Å². The number of imidazole rings is 1. The van der Waals surface area contributed by atoms with E-state index in [1.165, 1.54) is 31.7 Å². The van der Waals surface area contributed by atoms with Gasteiger partial charge in [0.2, 0.25) is 5.95 Å². The first-order chi connectivity index (χ1) is 8.59. The maximum Gasteiger partial charge on any atom is 0.201 e. The molecule has 0 atom stereocenters. The average molecular weight is 247 g/mol. The van der Waals surface area contributed by atoms with E-state index in [0.717, 1.165) is 12.1 Å². The number of halogens is 1. The zero-order chi connectivity index (χ0) is 12.8. The Morgan fingerprint density at radius 1 is 1.39 bits per heavy atom. The van der Waals surface area contributed by atoms with Crippen LogP contribution < -0.4 is 5.73 Å². The fourth-order valence-corrected chi connectivity index (χ4v) is 3.07. The highest BCUT2D eigenvalue weighted by Gasteiger charge is 2.30. The second-order valence-corrected chi connectivity index (χ2v) is 5.68. The van der Waals surface area contributed by atoms with E-state index in [0.29, 0.717) is 11.5 Å². The molecule has 1 aliphatic carbocycles. The molecule has 18 heavy (non-hydrogen) atoms. The Balaban J connectivity index is 2.06. The molecule has 1 aliphatic rings. The molecule has 3 rings (SSSR count). The quantitative estimate of drug-likeness (QED) is 0.884. The molecular formula is C14H18FN3. The minimum atomic E-state index is -0.297. The molecule has 0 spiro atoms. The highest BCUT2D eigenvalue weighted by atomic mass is 19.1. The van der Waals surface area contributed by atoms with Gasteiger partial charge in [-0.2, -0.15) is 0 Å². The fourth-order valence-electron chi connectivity index (χ4n) is 3.07. The molecule has 1 aromatic carbocycles. The monoisotopic (exact) mass is 247 g/mol. The van der Waals surface area contributed by atoms with Crippen LogP contribution in [0.3, 0.4) is 0 Å². The van der Waals surface area contributed by atoms with Crippen molar-refractivity contribution in [3.8, 4) is 0 Å². The van der Waals surface area contributed by atoms with E-state index >= 15 is 0 Å². The molecule has 96 valence electrons. The van der Waals surface area contributed by atoms with Crippen LogP contribution in [0.2, 0.25) is 0 Å². The van der Waals surface area contributed by atoms with Crippen LogP contribution in [0.25, 0.3) is 11.0 Å². The number of hydrogen-bond donors (Lipinski definition) is 1. The number of aromatic nitrogens is 2. The number of nitrogens with zero attached hydrogens (tertiary/aromatic N) is 2. The third kappa shape index (κ3) is 1.76. The first kappa shape index (κ1) is 11.5.